The van der Waals surface area contributed by atoms with Crippen LogP contribution in [-0.2, 0) is 11.3 Å². The molecule has 0 aliphatic rings. The van der Waals surface area contributed by atoms with Crippen molar-refractivity contribution in [2.75, 3.05) is 14.2 Å². The highest BCUT2D eigenvalue weighted by molar-refractivity contribution is 5.97. The van der Waals surface area contributed by atoms with E-state index in [0.29, 0.717) is 23.6 Å². The molecule has 0 saturated carbocycles. The third-order valence-electron chi connectivity index (χ3n) is 3.72. The Morgan fingerprint density at radius 1 is 1.04 bits per heavy atom. The van der Waals surface area contributed by atoms with Crippen LogP contribution in [0.15, 0.2) is 48.0 Å². The molecule has 0 saturated heterocycles. The van der Waals surface area contributed by atoms with Crippen molar-refractivity contribution >= 4 is 12.0 Å². The lowest BCUT2D eigenvalue weighted by Gasteiger charge is -2.09. The number of amides is 1. The lowest BCUT2D eigenvalue weighted by atomic mass is 10.1. The number of ether oxygens (including phenoxy) is 2. The summed E-state index contributed by atoms with van der Waals surface area (Å²) in [5, 5.41) is 2.93. The maximum Gasteiger partial charge on any atom is 0.247 e. The van der Waals surface area contributed by atoms with Crippen LogP contribution in [0, 0.1) is 6.92 Å². The lowest BCUT2D eigenvalue weighted by Crippen LogP contribution is -2.23. The first kappa shape index (κ1) is 17.6. The van der Waals surface area contributed by atoms with E-state index >= 15 is 0 Å². The van der Waals surface area contributed by atoms with E-state index in [0.717, 1.165) is 11.1 Å². The highest BCUT2D eigenvalue weighted by atomic mass is 16.5. The number of rotatable bonds is 6. The normalized spacial score (nSPS) is 11.1. The monoisotopic (exact) mass is 325 g/mol. The number of benzene rings is 2. The van der Waals surface area contributed by atoms with E-state index in [9.17, 15) is 4.79 Å². The quantitative estimate of drug-likeness (QED) is 0.823. The van der Waals surface area contributed by atoms with Gasteiger partial charge < -0.3 is 14.8 Å². The second-order valence-corrected chi connectivity index (χ2v) is 5.61. The molecule has 0 spiro atoms. The Morgan fingerprint density at radius 2 is 1.71 bits per heavy atom. The van der Waals surface area contributed by atoms with Gasteiger partial charge in [0.25, 0.3) is 0 Å². The van der Waals surface area contributed by atoms with Gasteiger partial charge in [0.2, 0.25) is 5.91 Å². The molecular weight excluding hydrogens is 302 g/mol. The van der Waals surface area contributed by atoms with Crippen LogP contribution in [0.25, 0.3) is 6.08 Å². The summed E-state index contributed by atoms with van der Waals surface area (Å²) >= 11 is 0. The fraction of sp³-hybridized carbons (Fsp3) is 0.250. The van der Waals surface area contributed by atoms with Gasteiger partial charge in [-0.15, -0.1) is 0 Å². The molecule has 2 aromatic carbocycles. The molecule has 0 fully saturated rings. The Kier molecular flexibility index (Phi) is 6.01. The summed E-state index contributed by atoms with van der Waals surface area (Å²) in [6, 6.07) is 13.7. The van der Waals surface area contributed by atoms with Crippen molar-refractivity contribution in [3.05, 3.63) is 64.7 Å². The topological polar surface area (TPSA) is 47.6 Å². The van der Waals surface area contributed by atoms with Gasteiger partial charge in [0.15, 0.2) is 11.5 Å². The van der Waals surface area contributed by atoms with Crippen molar-refractivity contribution < 1.29 is 14.3 Å². The Morgan fingerprint density at radius 3 is 2.33 bits per heavy atom. The SMILES string of the molecule is COc1ccc(/C=C(\C)C(=O)NCc2ccc(C)cc2)cc1OC. The summed E-state index contributed by atoms with van der Waals surface area (Å²) in [7, 11) is 3.18. The third-order valence-corrected chi connectivity index (χ3v) is 3.72. The zero-order chi connectivity index (χ0) is 17.5. The molecule has 0 aliphatic heterocycles. The molecule has 0 unspecified atom stereocenters. The molecule has 2 aromatic rings. The molecule has 1 N–H and O–H groups in total. The molecule has 0 aliphatic carbocycles. The Bertz CT molecular complexity index is 733. The zero-order valence-electron chi connectivity index (χ0n) is 14.6. The van der Waals surface area contributed by atoms with Crippen LogP contribution in [0.1, 0.15) is 23.6 Å². The van der Waals surface area contributed by atoms with E-state index < -0.39 is 0 Å². The number of aryl methyl sites for hydroxylation is 1. The number of carbonyl (C=O) groups is 1. The molecule has 24 heavy (non-hydrogen) atoms. The highest BCUT2D eigenvalue weighted by Crippen LogP contribution is 2.28. The first-order valence-corrected chi connectivity index (χ1v) is 7.77. The summed E-state index contributed by atoms with van der Waals surface area (Å²) < 4.78 is 10.5. The van der Waals surface area contributed by atoms with Gasteiger partial charge >= 0.3 is 0 Å². The van der Waals surface area contributed by atoms with Crippen LogP contribution < -0.4 is 14.8 Å². The van der Waals surface area contributed by atoms with Gasteiger partial charge in [-0.3, -0.25) is 4.79 Å². The third kappa shape index (κ3) is 4.62. The van der Waals surface area contributed by atoms with Gasteiger partial charge in [-0.05, 0) is 43.2 Å². The summed E-state index contributed by atoms with van der Waals surface area (Å²) in [6.07, 6.45) is 1.83. The number of hydrogen-bond donors (Lipinski definition) is 1. The van der Waals surface area contributed by atoms with Gasteiger partial charge in [-0.1, -0.05) is 35.9 Å². The van der Waals surface area contributed by atoms with Crippen molar-refractivity contribution in [2.24, 2.45) is 0 Å². The summed E-state index contributed by atoms with van der Waals surface area (Å²) in [5.74, 6) is 1.21. The highest BCUT2D eigenvalue weighted by Gasteiger charge is 2.07. The van der Waals surface area contributed by atoms with Gasteiger partial charge in [0.1, 0.15) is 0 Å². The van der Waals surface area contributed by atoms with E-state index in [-0.39, 0.29) is 5.91 Å². The Labute approximate surface area is 143 Å². The lowest BCUT2D eigenvalue weighted by molar-refractivity contribution is -0.117. The van der Waals surface area contributed by atoms with Crippen molar-refractivity contribution in [1.82, 2.24) is 5.32 Å². The molecule has 0 atom stereocenters. The summed E-state index contributed by atoms with van der Waals surface area (Å²) in [6.45, 7) is 4.34. The molecular formula is C20H23NO3. The van der Waals surface area contributed by atoms with Crippen molar-refractivity contribution in [3.63, 3.8) is 0 Å². The van der Waals surface area contributed by atoms with E-state index in [4.69, 9.17) is 9.47 Å². The fourth-order valence-electron chi connectivity index (χ4n) is 2.29. The van der Waals surface area contributed by atoms with Crippen molar-refractivity contribution in [1.29, 1.82) is 0 Å². The predicted molar refractivity (Wildman–Crippen MR) is 96.2 cm³/mol. The van der Waals surface area contributed by atoms with Gasteiger partial charge in [-0.25, -0.2) is 0 Å². The maximum atomic E-state index is 12.2. The smallest absolute Gasteiger partial charge is 0.247 e. The average molecular weight is 325 g/mol. The Balaban J connectivity index is 2.04. The standard InChI is InChI=1S/C20H23NO3/c1-14-5-7-16(8-6-14)13-21-20(22)15(2)11-17-9-10-18(23-3)19(12-17)24-4/h5-12H,13H2,1-4H3,(H,21,22)/b15-11+. The molecule has 2 rings (SSSR count). The molecule has 0 radical (unpaired) electrons. The van der Waals surface area contributed by atoms with E-state index in [2.05, 4.69) is 5.32 Å². The van der Waals surface area contributed by atoms with E-state index in [1.807, 2.05) is 55.5 Å². The molecule has 126 valence electrons. The van der Waals surface area contributed by atoms with Crippen LogP contribution in [-0.4, -0.2) is 20.1 Å². The molecule has 1 amide bonds. The van der Waals surface area contributed by atoms with Crippen LogP contribution in [0.3, 0.4) is 0 Å². The molecule has 0 heterocycles. The second-order valence-electron chi connectivity index (χ2n) is 5.61. The van der Waals surface area contributed by atoms with E-state index in [1.54, 1.807) is 21.1 Å². The second kappa shape index (κ2) is 8.20. The minimum atomic E-state index is -0.0923. The number of nitrogens with one attached hydrogen (secondary N) is 1. The maximum absolute atomic E-state index is 12.2. The van der Waals surface area contributed by atoms with Crippen LogP contribution >= 0.6 is 0 Å². The van der Waals surface area contributed by atoms with Crippen LogP contribution in [0.2, 0.25) is 0 Å². The Hall–Kier alpha value is -2.75. The van der Waals surface area contributed by atoms with Crippen molar-refractivity contribution in [3.8, 4) is 11.5 Å². The number of carbonyl (C=O) groups excluding carboxylic acids is 1. The first-order chi connectivity index (χ1) is 11.5. The minimum Gasteiger partial charge on any atom is -0.493 e. The largest absolute Gasteiger partial charge is 0.493 e. The molecule has 0 aromatic heterocycles. The van der Waals surface area contributed by atoms with Gasteiger partial charge in [0.05, 0.1) is 14.2 Å². The first-order valence-electron chi connectivity index (χ1n) is 7.77. The molecule has 4 heteroatoms. The summed E-state index contributed by atoms with van der Waals surface area (Å²) in [4.78, 5) is 12.2. The number of hydrogen-bond acceptors (Lipinski definition) is 3. The van der Waals surface area contributed by atoms with Crippen LogP contribution in [0.4, 0.5) is 0 Å². The zero-order valence-corrected chi connectivity index (χ0v) is 14.6. The number of methoxy groups -OCH3 is 2. The minimum absolute atomic E-state index is 0.0923. The fourth-order valence-corrected chi connectivity index (χ4v) is 2.29. The molecule has 4 nitrogen and oxygen atoms in total. The summed E-state index contributed by atoms with van der Waals surface area (Å²) in [5.41, 5.74) is 3.80. The van der Waals surface area contributed by atoms with Crippen molar-refractivity contribution in [2.45, 2.75) is 20.4 Å². The average Bonchev–Trinajstić information content (AvgIpc) is 2.60. The van der Waals surface area contributed by atoms with Gasteiger partial charge in [-0.2, -0.15) is 0 Å². The van der Waals surface area contributed by atoms with Gasteiger partial charge in [0, 0.05) is 12.1 Å². The van der Waals surface area contributed by atoms with Crippen LogP contribution in [0.5, 0.6) is 11.5 Å². The van der Waals surface area contributed by atoms with E-state index in [1.165, 1.54) is 5.56 Å². The molecule has 0 bridgehead atoms. The predicted octanol–water partition coefficient (Wildman–Crippen LogP) is 3.73.